The summed E-state index contributed by atoms with van der Waals surface area (Å²) in [6, 6.07) is 23.2. The molecule has 2 N–H and O–H groups in total. The first kappa shape index (κ1) is 22.5. The summed E-state index contributed by atoms with van der Waals surface area (Å²) < 4.78 is 34.7. The molecule has 1 heterocycles. The Labute approximate surface area is 195 Å². The molecule has 1 aromatic heterocycles. The van der Waals surface area contributed by atoms with Crippen LogP contribution in [0.5, 0.6) is 0 Å². The van der Waals surface area contributed by atoms with Crippen LogP contribution in [0.4, 0.5) is 11.4 Å². The van der Waals surface area contributed by atoms with Gasteiger partial charge in [0.15, 0.2) is 0 Å². The minimum atomic E-state index is -4.36. The van der Waals surface area contributed by atoms with Gasteiger partial charge in [0.05, 0.1) is 41.2 Å². The van der Waals surface area contributed by atoms with Gasteiger partial charge in [-0.2, -0.15) is 18.9 Å². The van der Waals surface area contributed by atoms with Crippen LogP contribution in [0.1, 0.15) is 16.7 Å². The SMILES string of the molecule is N#Cc1ccc(-c2cc(N(Cc3ccc(NS(=O)(=O)O)cc3)n3cnnc3)ccc2C#N)cc1. The molecule has 0 saturated heterocycles. The van der Waals surface area contributed by atoms with Crippen molar-refractivity contribution in [1.82, 2.24) is 14.9 Å². The molecule has 0 radical (unpaired) electrons. The number of nitrogens with zero attached hydrogens (tertiary/aromatic N) is 6. The van der Waals surface area contributed by atoms with Crippen LogP contribution in [0.3, 0.4) is 0 Å². The molecule has 0 fully saturated rings. The van der Waals surface area contributed by atoms with Crippen LogP contribution in [-0.4, -0.2) is 27.8 Å². The number of hydrogen-bond acceptors (Lipinski definition) is 7. The molecule has 4 aromatic rings. The van der Waals surface area contributed by atoms with Crippen molar-refractivity contribution in [2.24, 2.45) is 0 Å². The highest BCUT2D eigenvalue weighted by atomic mass is 32.2. The lowest BCUT2D eigenvalue weighted by Gasteiger charge is -2.26. The van der Waals surface area contributed by atoms with Crippen molar-refractivity contribution >= 4 is 21.7 Å². The highest BCUT2D eigenvalue weighted by molar-refractivity contribution is 7.87. The standard InChI is InChI=1S/C23H17N7O3S/c24-12-17-1-5-19(6-2-17)23-11-22(10-7-20(23)13-25)30(29-15-26-27-16-29)14-18-3-8-21(9-4-18)28-34(31,32)33/h1-11,15-16,28H,14H2,(H,31,32,33). The zero-order valence-corrected chi connectivity index (χ0v) is 18.4. The van der Waals surface area contributed by atoms with Crippen LogP contribution >= 0.6 is 0 Å². The lowest BCUT2D eigenvalue weighted by Crippen LogP contribution is -2.28. The zero-order valence-electron chi connectivity index (χ0n) is 17.6. The van der Waals surface area contributed by atoms with Gasteiger partial charge < -0.3 is 0 Å². The molecule has 0 saturated carbocycles. The predicted molar refractivity (Wildman–Crippen MR) is 125 cm³/mol. The minimum Gasteiger partial charge on any atom is -0.274 e. The van der Waals surface area contributed by atoms with Crippen LogP contribution in [0, 0.1) is 22.7 Å². The van der Waals surface area contributed by atoms with E-state index in [0.29, 0.717) is 23.2 Å². The average molecular weight is 472 g/mol. The average Bonchev–Trinajstić information content (AvgIpc) is 3.37. The van der Waals surface area contributed by atoms with Crippen molar-refractivity contribution < 1.29 is 13.0 Å². The fourth-order valence-corrected chi connectivity index (χ4v) is 3.81. The third-order valence-corrected chi connectivity index (χ3v) is 5.46. The quantitative estimate of drug-likeness (QED) is 0.390. The van der Waals surface area contributed by atoms with E-state index in [4.69, 9.17) is 9.81 Å². The lowest BCUT2D eigenvalue weighted by atomic mass is 9.98. The van der Waals surface area contributed by atoms with Crippen molar-refractivity contribution in [3.05, 3.63) is 96.1 Å². The van der Waals surface area contributed by atoms with Crippen LogP contribution in [0.15, 0.2) is 79.4 Å². The fraction of sp³-hybridized carbons (Fsp3) is 0.0435. The van der Waals surface area contributed by atoms with Crippen molar-refractivity contribution in [2.45, 2.75) is 6.54 Å². The van der Waals surface area contributed by atoms with Gasteiger partial charge in [0.25, 0.3) is 0 Å². The van der Waals surface area contributed by atoms with Gasteiger partial charge in [-0.3, -0.25) is 14.3 Å². The zero-order chi connectivity index (χ0) is 24.1. The molecule has 0 bridgehead atoms. The molecule has 0 unspecified atom stereocenters. The molecule has 4 rings (SSSR count). The number of rotatable bonds is 7. The number of aromatic nitrogens is 3. The van der Waals surface area contributed by atoms with Gasteiger partial charge in [0.2, 0.25) is 0 Å². The number of nitriles is 2. The maximum absolute atomic E-state index is 11.0. The number of hydrogen-bond donors (Lipinski definition) is 2. The second kappa shape index (κ2) is 9.42. The maximum Gasteiger partial charge on any atom is 0.357 e. The van der Waals surface area contributed by atoms with Gasteiger partial charge in [0.1, 0.15) is 12.7 Å². The van der Waals surface area contributed by atoms with E-state index in [2.05, 4.69) is 22.3 Å². The molecule has 34 heavy (non-hydrogen) atoms. The third kappa shape index (κ3) is 5.19. The Morgan fingerprint density at radius 1 is 0.941 bits per heavy atom. The van der Waals surface area contributed by atoms with E-state index < -0.39 is 10.3 Å². The van der Waals surface area contributed by atoms with Crippen molar-refractivity contribution in [2.75, 3.05) is 9.73 Å². The van der Waals surface area contributed by atoms with Gasteiger partial charge in [-0.25, -0.2) is 4.68 Å². The Bertz CT molecular complexity index is 1490. The van der Waals surface area contributed by atoms with E-state index in [1.165, 1.54) is 24.8 Å². The van der Waals surface area contributed by atoms with Crippen molar-refractivity contribution in [3.63, 3.8) is 0 Å². The normalized spacial score (nSPS) is 10.8. The second-order valence-corrected chi connectivity index (χ2v) is 8.36. The van der Waals surface area contributed by atoms with Gasteiger partial charge in [0, 0.05) is 5.56 Å². The van der Waals surface area contributed by atoms with Crippen LogP contribution in [0.25, 0.3) is 11.1 Å². The second-order valence-electron chi connectivity index (χ2n) is 7.20. The van der Waals surface area contributed by atoms with E-state index in [0.717, 1.165) is 16.8 Å². The first-order valence-electron chi connectivity index (χ1n) is 9.87. The summed E-state index contributed by atoms with van der Waals surface area (Å²) in [4.78, 5) is 0. The first-order valence-corrected chi connectivity index (χ1v) is 11.3. The maximum atomic E-state index is 11.0. The Morgan fingerprint density at radius 3 is 2.21 bits per heavy atom. The molecule has 3 aromatic carbocycles. The minimum absolute atomic E-state index is 0.226. The number of nitrogens with one attached hydrogen (secondary N) is 1. The smallest absolute Gasteiger partial charge is 0.274 e. The first-order chi connectivity index (χ1) is 16.4. The fourth-order valence-electron chi connectivity index (χ4n) is 3.38. The van der Waals surface area contributed by atoms with E-state index in [1.807, 2.05) is 15.8 Å². The Hall–Kier alpha value is -4.71. The molecule has 0 atom stereocenters. The van der Waals surface area contributed by atoms with Gasteiger partial charge in [-0.1, -0.05) is 24.3 Å². The van der Waals surface area contributed by atoms with Crippen molar-refractivity contribution in [1.29, 1.82) is 10.5 Å². The lowest BCUT2D eigenvalue weighted by molar-refractivity contribution is 0.489. The molecule has 10 nitrogen and oxygen atoms in total. The van der Waals surface area contributed by atoms with Crippen LogP contribution < -0.4 is 9.73 Å². The Kier molecular flexibility index (Phi) is 6.23. The van der Waals surface area contributed by atoms with Gasteiger partial charge in [-0.05, 0) is 53.6 Å². The molecule has 0 aliphatic rings. The third-order valence-electron chi connectivity index (χ3n) is 4.97. The molecule has 11 heteroatoms. The Morgan fingerprint density at radius 2 is 1.62 bits per heavy atom. The van der Waals surface area contributed by atoms with Crippen LogP contribution in [0.2, 0.25) is 0 Å². The largest absolute Gasteiger partial charge is 0.357 e. The number of anilines is 2. The molecule has 0 spiro atoms. The van der Waals surface area contributed by atoms with Crippen molar-refractivity contribution in [3.8, 4) is 23.3 Å². The molecular formula is C23H17N7O3S. The summed E-state index contributed by atoms with van der Waals surface area (Å²) in [5, 5.41) is 28.3. The van der Waals surface area contributed by atoms with E-state index >= 15 is 0 Å². The molecule has 0 aliphatic heterocycles. The van der Waals surface area contributed by atoms with E-state index in [-0.39, 0.29) is 5.69 Å². The number of benzene rings is 3. The van der Waals surface area contributed by atoms with E-state index in [1.54, 1.807) is 53.2 Å². The highest BCUT2D eigenvalue weighted by Crippen LogP contribution is 2.30. The summed E-state index contributed by atoms with van der Waals surface area (Å²) in [5.74, 6) is 0. The highest BCUT2D eigenvalue weighted by Gasteiger charge is 2.14. The van der Waals surface area contributed by atoms with E-state index in [9.17, 15) is 13.7 Å². The molecule has 0 amide bonds. The van der Waals surface area contributed by atoms with Crippen LogP contribution in [-0.2, 0) is 16.8 Å². The van der Waals surface area contributed by atoms with Gasteiger partial charge in [-0.15, -0.1) is 10.2 Å². The van der Waals surface area contributed by atoms with Gasteiger partial charge >= 0.3 is 10.3 Å². The molecule has 0 aliphatic carbocycles. The summed E-state index contributed by atoms with van der Waals surface area (Å²) in [6.07, 6.45) is 3.07. The summed E-state index contributed by atoms with van der Waals surface area (Å²) in [7, 11) is -4.36. The predicted octanol–water partition coefficient (Wildman–Crippen LogP) is 3.37. The summed E-state index contributed by atoms with van der Waals surface area (Å²) in [6.45, 7) is 0.364. The monoisotopic (exact) mass is 471 g/mol. The molecular weight excluding hydrogens is 454 g/mol. The Balaban J connectivity index is 1.71. The topological polar surface area (TPSA) is 148 Å². The molecule has 168 valence electrons. The summed E-state index contributed by atoms with van der Waals surface area (Å²) >= 11 is 0. The summed E-state index contributed by atoms with van der Waals surface area (Å²) in [5.41, 5.74) is 4.31.